The number of halogens is 2. The van der Waals surface area contributed by atoms with Gasteiger partial charge in [-0.15, -0.1) is 0 Å². The highest BCUT2D eigenvalue weighted by atomic mass is 79.9. The van der Waals surface area contributed by atoms with Crippen molar-refractivity contribution in [2.45, 2.75) is 6.04 Å². The van der Waals surface area contributed by atoms with Crippen molar-refractivity contribution in [3.63, 3.8) is 0 Å². The van der Waals surface area contributed by atoms with E-state index in [0.717, 1.165) is 16.5 Å². The van der Waals surface area contributed by atoms with Gasteiger partial charge in [0.05, 0.1) is 11.6 Å². The lowest BCUT2D eigenvalue weighted by Crippen LogP contribution is -2.29. The van der Waals surface area contributed by atoms with E-state index in [4.69, 9.17) is 5.84 Å². The third-order valence-corrected chi connectivity index (χ3v) is 4.11. The summed E-state index contributed by atoms with van der Waals surface area (Å²) in [5.41, 5.74) is 4.95. The topological polar surface area (TPSA) is 50.9 Å². The molecule has 1 atom stereocenters. The molecule has 0 saturated carbocycles. The van der Waals surface area contributed by atoms with Crippen molar-refractivity contribution < 1.29 is 4.39 Å². The fraction of sp³-hybridized carbons (Fsp3) is 0.0625. The summed E-state index contributed by atoms with van der Waals surface area (Å²) in [5, 5.41) is 0.989. The van der Waals surface area contributed by atoms with Crippen LogP contribution >= 0.6 is 15.9 Å². The Hall–Kier alpha value is -1.82. The molecule has 0 amide bonds. The summed E-state index contributed by atoms with van der Waals surface area (Å²) in [6, 6.07) is 14.0. The van der Waals surface area contributed by atoms with Gasteiger partial charge in [0.2, 0.25) is 0 Å². The van der Waals surface area contributed by atoms with Crippen LogP contribution in [-0.2, 0) is 0 Å². The molecule has 1 heterocycles. The van der Waals surface area contributed by atoms with Crippen molar-refractivity contribution in [3.05, 3.63) is 76.1 Å². The van der Waals surface area contributed by atoms with Gasteiger partial charge < -0.3 is 0 Å². The molecule has 0 bridgehead atoms. The highest BCUT2D eigenvalue weighted by Gasteiger charge is 2.19. The third kappa shape index (κ3) is 2.68. The lowest BCUT2D eigenvalue weighted by Gasteiger charge is -2.19. The number of hydrazine groups is 1. The van der Waals surface area contributed by atoms with E-state index < -0.39 is 6.04 Å². The minimum atomic E-state index is -0.440. The largest absolute Gasteiger partial charge is 0.271 e. The van der Waals surface area contributed by atoms with Crippen LogP contribution in [0.4, 0.5) is 4.39 Å². The number of fused-ring (bicyclic) bond motifs is 1. The normalized spacial score (nSPS) is 12.5. The van der Waals surface area contributed by atoms with Crippen LogP contribution in [0, 0.1) is 5.82 Å². The first-order valence-corrected chi connectivity index (χ1v) is 7.24. The summed E-state index contributed by atoms with van der Waals surface area (Å²) >= 11 is 3.39. The van der Waals surface area contributed by atoms with Crippen LogP contribution in [0.3, 0.4) is 0 Å². The molecule has 3 nitrogen and oxygen atoms in total. The molecule has 106 valence electrons. The fourth-order valence-corrected chi connectivity index (χ4v) is 2.98. The molecule has 2 aromatic carbocycles. The molecule has 3 aromatic rings. The van der Waals surface area contributed by atoms with Gasteiger partial charge in [-0.3, -0.25) is 10.8 Å². The van der Waals surface area contributed by atoms with Gasteiger partial charge in [0.1, 0.15) is 5.82 Å². The van der Waals surface area contributed by atoms with Gasteiger partial charge in [-0.1, -0.05) is 34.1 Å². The maximum Gasteiger partial charge on any atom is 0.129 e. The minimum absolute atomic E-state index is 0.307. The Labute approximate surface area is 130 Å². The van der Waals surface area contributed by atoms with Crippen LogP contribution in [0.15, 0.2) is 59.2 Å². The van der Waals surface area contributed by atoms with E-state index in [2.05, 4.69) is 26.3 Å². The second-order valence-electron chi connectivity index (χ2n) is 4.69. The van der Waals surface area contributed by atoms with Gasteiger partial charge in [-0.05, 0) is 35.9 Å². The first kappa shape index (κ1) is 14.1. The second-order valence-corrected chi connectivity index (χ2v) is 5.54. The predicted octanol–water partition coefficient (Wildman–Crippen LogP) is 3.69. The number of pyridine rings is 1. The molecular formula is C16H13BrFN3. The quantitative estimate of drug-likeness (QED) is 0.562. The van der Waals surface area contributed by atoms with Crippen LogP contribution in [0.1, 0.15) is 17.2 Å². The van der Waals surface area contributed by atoms with Gasteiger partial charge in [0, 0.05) is 21.6 Å². The van der Waals surface area contributed by atoms with Gasteiger partial charge in [-0.25, -0.2) is 9.82 Å². The number of nitrogens with zero attached hydrogens (tertiary/aromatic N) is 1. The lowest BCUT2D eigenvalue weighted by atomic mass is 9.97. The van der Waals surface area contributed by atoms with Crippen molar-refractivity contribution in [1.82, 2.24) is 10.4 Å². The molecule has 0 aliphatic rings. The average molecular weight is 346 g/mol. The van der Waals surface area contributed by atoms with Gasteiger partial charge >= 0.3 is 0 Å². The molecule has 0 spiro atoms. The molecular weight excluding hydrogens is 333 g/mol. The average Bonchev–Trinajstić information content (AvgIpc) is 2.50. The van der Waals surface area contributed by atoms with Gasteiger partial charge in [0.25, 0.3) is 0 Å². The van der Waals surface area contributed by atoms with Crippen molar-refractivity contribution in [1.29, 1.82) is 0 Å². The standard InChI is InChI=1S/C16H13BrFN3/c17-12-4-1-5-13(18)15(12)16(21-19)11-6-7-14-10(9-11)3-2-8-20-14/h1-9,16,21H,19H2. The zero-order valence-electron chi connectivity index (χ0n) is 11.1. The van der Waals surface area contributed by atoms with Crippen molar-refractivity contribution in [2.75, 3.05) is 0 Å². The Morgan fingerprint density at radius 2 is 2.00 bits per heavy atom. The van der Waals surface area contributed by atoms with E-state index in [1.54, 1.807) is 18.3 Å². The SMILES string of the molecule is NNC(c1ccc2ncccc2c1)c1c(F)cccc1Br. The summed E-state index contributed by atoms with van der Waals surface area (Å²) in [5.74, 6) is 5.36. The summed E-state index contributed by atoms with van der Waals surface area (Å²) in [6.07, 6.45) is 1.74. The molecule has 21 heavy (non-hydrogen) atoms. The summed E-state index contributed by atoms with van der Waals surface area (Å²) in [7, 11) is 0. The molecule has 3 N–H and O–H groups in total. The Bertz CT molecular complexity index is 771. The zero-order valence-corrected chi connectivity index (χ0v) is 12.6. The number of aromatic nitrogens is 1. The van der Waals surface area contributed by atoms with Crippen molar-refractivity contribution >= 4 is 26.8 Å². The van der Waals surface area contributed by atoms with Crippen LogP contribution in [0.2, 0.25) is 0 Å². The minimum Gasteiger partial charge on any atom is -0.271 e. The van der Waals surface area contributed by atoms with Crippen LogP contribution in [0.5, 0.6) is 0 Å². The number of nitrogens with two attached hydrogens (primary N) is 1. The predicted molar refractivity (Wildman–Crippen MR) is 85.0 cm³/mol. The summed E-state index contributed by atoms with van der Waals surface area (Å²) in [6.45, 7) is 0. The first-order valence-electron chi connectivity index (χ1n) is 6.45. The van der Waals surface area contributed by atoms with E-state index in [0.29, 0.717) is 10.0 Å². The summed E-state index contributed by atoms with van der Waals surface area (Å²) in [4.78, 5) is 4.28. The molecule has 0 aliphatic carbocycles. The van der Waals surface area contributed by atoms with E-state index >= 15 is 0 Å². The number of nitrogens with one attached hydrogen (secondary N) is 1. The van der Waals surface area contributed by atoms with Gasteiger partial charge in [-0.2, -0.15) is 0 Å². The Morgan fingerprint density at radius 1 is 1.14 bits per heavy atom. The van der Waals surface area contributed by atoms with Crippen LogP contribution in [-0.4, -0.2) is 4.98 Å². The number of benzene rings is 2. The van der Waals surface area contributed by atoms with Gasteiger partial charge in [0.15, 0.2) is 0 Å². The maximum absolute atomic E-state index is 14.1. The smallest absolute Gasteiger partial charge is 0.129 e. The molecule has 0 radical (unpaired) electrons. The molecule has 3 rings (SSSR count). The number of rotatable bonds is 3. The molecule has 1 unspecified atom stereocenters. The Kier molecular flexibility index (Phi) is 3.96. The Balaban J connectivity index is 2.14. The zero-order chi connectivity index (χ0) is 14.8. The van der Waals surface area contributed by atoms with Crippen LogP contribution < -0.4 is 11.3 Å². The molecule has 5 heteroatoms. The van der Waals surface area contributed by atoms with E-state index in [1.807, 2.05) is 30.3 Å². The second kappa shape index (κ2) is 5.89. The fourth-order valence-electron chi connectivity index (χ4n) is 2.41. The molecule has 0 aliphatic heterocycles. The summed E-state index contributed by atoms with van der Waals surface area (Å²) < 4.78 is 14.8. The molecule has 0 saturated heterocycles. The highest BCUT2D eigenvalue weighted by Crippen LogP contribution is 2.31. The molecule has 1 aromatic heterocycles. The van der Waals surface area contributed by atoms with Crippen molar-refractivity contribution in [3.8, 4) is 0 Å². The van der Waals surface area contributed by atoms with E-state index in [9.17, 15) is 4.39 Å². The molecule has 0 fully saturated rings. The van der Waals surface area contributed by atoms with Crippen molar-refractivity contribution in [2.24, 2.45) is 5.84 Å². The highest BCUT2D eigenvalue weighted by molar-refractivity contribution is 9.10. The maximum atomic E-state index is 14.1. The number of hydrogen-bond acceptors (Lipinski definition) is 3. The van der Waals surface area contributed by atoms with Crippen LogP contribution in [0.25, 0.3) is 10.9 Å². The monoisotopic (exact) mass is 345 g/mol. The lowest BCUT2D eigenvalue weighted by molar-refractivity contribution is 0.558. The Morgan fingerprint density at radius 3 is 2.76 bits per heavy atom. The van der Waals surface area contributed by atoms with E-state index in [-0.39, 0.29) is 5.82 Å². The van der Waals surface area contributed by atoms with E-state index in [1.165, 1.54) is 6.07 Å². The number of hydrogen-bond donors (Lipinski definition) is 2. The third-order valence-electron chi connectivity index (χ3n) is 3.42. The first-order chi connectivity index (χ1) is 10.2.